The number of carbonyl (C=O) groups excluding carboxylic acids is 1. The number of carbonyl (C=O) groups is 1. The molecule has 4 nitrogen and oxygen atoms in total. The van der Waals surface area contributed by atoms with E-state index in [1.54, 1.807) is 0 Å². The minimum atomic E-state index is -0.488. The van der Waals surface area contributed by atoms with Crippen molar-refractivity contribution in [3.63, 3.8) is 0 Å². The molecule has 0 aliphatic carbocycles. The summed E-state index contributed by atoms with van der Waals surface area (Å²) >= 11 is 0. The monoisotopic (exact) mass is 337 g/mol. The van der Waals surface area contributed by atoms with E-state index in [2.05, 4.69) is 15.5 Å². The maximum atomic E-state index is 13.8. The Morgan fingerprint density at radius 3 is 2.75 bits per heavy atom. The van der Waals surface area contributed by atoms with Crippen LogP contribution >= 0.6 is 0 Å². The molecular weight excluding hydrogens is 312 g/mol. The van der Waals surface area contributed by atoms with Gasteiger partial charge in [-0.15, -0.1) is 0 Å². The molecule has 3 rings (SSSR count). The number of nitrogens with zero attached hydrogens (tertiary/aromatic N) is 1. The quantitative estimate of drug-likeness (QED) is 0.864. The molecule has 0 bridgehead atoms. The molecule has 24 heavy (non-hydrogen) atoms. The van der Waals surface area contributed by atoms with Gasteiger partial charge >= 0.3 is 0 Å². The number of amides is 1. The summed E-state index contributed by atoms with van der Waals surface area (Å²) in [7, 11) is 0. The highest BCUT2D eigenvalue weighted by atomic mass is 19.1. The first-order valence-electron chi connectivity index (χ1n) is 8.80. The maximum absolute atomic E-state index is 13.8. The van der Waals surface area contributed by atoms with Crippen molar-refractivity contribution in [3.8, 4) is 0 Å². The van der Waals surface area contributed by atoms with Gasteiger partial charge in [0.2, 0.25) is 5.91 Å². The van der Waals surface area contributed by atoms with Gasteiger partial charge in [-0.05, 0) is 56.8 Å². The fourth-order valence-electron chi connectivity index (χ4n) is 3.64. The molecule has 0 saturated carbocycles. The Morgan fingerprint density at radius 2 is 2.04 bits per heavy atom. The number of piperidine rings is 1. The van der Waals surface area contributed by atoms with Crippen molar-refractivity contribution in [2.45, 2.75) is 38.3 Å². The molecule has 0 radical (unpaired) electrons. The molecule has 2 aliphatic rings. The van der Waals surface area contributed by atoms with Crippen LogP contribution in [0.5, 0.6) is 0 Å². The zero-order valence-corrected chi connectivity index (χ0v) is 13.9. The summed E-state index contributed by atoms with van der Waals surface area (Å²) in [5.41, 5.74) is 0.136. The van der Waals surface area contributed by atoms with Crippen molar-refractivity contribution in [2.24, 2.45) is 5.92 Å². The zero-order valence-electron chi connectivity index (χ0n) is 13.9. The molecule has 132 valence electrons. The number of halogens is 2. The molecule has 1 amide bonds. The lowest BCUT2D eigenvalue weighted by Gasteiger charge is -2.33. The first-order chi connectivity index (χ1) is 11.6. The molecule has 2 heterocycles. The van der Waals surface area contributed by atoms with E-state index >= 15 is 0 Å². The second-order valence-electron chi connectivity index (χ2n) is 6.84. The summed E-state index contributed by atoms with van der Waals surface area (Å²) in [5, 5.41) is 6.22. The SMILES string of the molecule is O=C(NCC1CCCN(Cc2c(F)cccc2F)C1)C1CCCN1. The lowest BCUT2D eigenvalue weighted by atomic mass is 9.97. The van der Waals surface area contributed by atoms with Crippen LogP contribution < -0.4 is 10.6 Å². The number of benzene rings is 1. The molecular formula is C18H25F2N3O. The van der Waals surface area contributed by atoms with Crippen molar-refractivity contribution in [1.82, 2.24) is 15.5 Å². The van der Waals surface area contributed by atoms with E-state index in [9.17, 15) is 13.6 Å². The summed E-state index contributed by atoms with van der Waals surface area (Å²) in [5.74, 6) is -0.570. The molecule has 2 unspecified atom stereocenters. The number of hydrogen-bond donors (Lipinski definition) is 2. The van der Waals surface area contributed by atoms with Gasteiger partial charge in [0.1, 0.15) is 11.6 Å². The van der Waals surface area contributed by atoms with Gasteiger partial charge in [0.15, 0.2) is 0 Å². The molecule has 2 atom stereocenters. The normalized spacial score (nSPS) is 24.9. The third-order valence-corrected chi connectivity index (χ3v) is 4.99. The van der Waals surface area contributed by atoms with E-state index < -0.39 is 11.6 Å². The van der Waals surface area contributed by atoms with E-state index in [0.717, 1.165) is 45.3 Å². The lowest BCUT2D eigenvalue weighted by Crippen LogP contribution is -2.45. The third kappa shape index (κ3) is 4.30. The molecule has 0 spiro atoms. The van der Waals surface area contributed by atoms with Crippen LogP contribution in [-0.4, -0.2) is 43.0 Å². The van der Waals surface area contributed by atoms with Gasteiger partial charge in [0.25, 0.3) is 0 Å². The van der Waals surface area contributed by atoms with Crippen molar-refractivity contribution in [1.29, 1.82) is 0 Å². The van der Waals surface area contributed by atoms with Crippen molar-refractivity contribution >= 4 is 5.91 Å². The topological polar surface area (TPSA) is 44.4 Å². The summed E-state index contributed by atoms with van der Waals surface area (Å²) in [4.78, 5) is 14.1. The first-order valence-corrected chi connectivity index (χ1v) is 8.80. The Labute approximate surface area is 141 Å². The highest BCUT2D eigenvalue weighted by Crippen LogP contribution is 2.21. The molecule has 2 N–H and O–H groups in total. The predicted octanol–water partition coefficient (Wildman–Crippen LogP) is 2.04. The second-order valence-corrected chi connectivity index (χ2v) is 6.84. The van der Waals surface area contributed by atoms with Crippen LogP contribution in [0.25, 0.3) is 0 Å². The molecule has 2 saturated heterocycles. The van der Waals surface area contributed by atoms with Crippen LogP contribution in [0.4, 0.5) is 8.78 Å². The van der Waals surface area contributed by atoms with Gasteiger partial charge in [-0.3, -0.25) is 9.69 Å². The maximum Gasteiger partial charge on any atom is 0.237 e. The van der Waals surface area contributed by atoms with Gasteiger partial charge in [-0.1, -0.05) is 6.07 Å². The highest BCUT2D eigenvalue weighted by molar-refractivity contribution is 5.81. The Morgan fingerprint density at radius 1 is 1.25 bits per heavy atom. The summed E-state index contributed by atoms with van der Waals surface area (Å²) in [6, 6.07) is 3.93. The molecule has 2 aliphatic heterocycles. The first kappa shape index (κ1) is 17.3. The van der Waals surface area contributed by atoms with E-state index in [4.69, 9.17) is 0 Å². The minimum Gasteiger partial charge on any atom is -0.354 e. The number of hydrogen-bond acceptors (Lipinski definition) is 3. The minimum absolute atomic E-state index is 0.0581. The molecule has 2 fully saturated rings. The van der Waals surface area contributed by atoms with Crippen LogP contribution in [0.15, 0.2) is 18.2 Å². The van der Waals surface area contributed by atoms with Gasteiger partial charge < -0.3 is 10.6 Å². The van der Waals surface area contributed by atoms with Crippen molar-refractivity contribution in [3.05, 3.63) is 35.4 Å². The van der Waals surface area contributed by atoms with Crippen molar-refractivity contribution in [2.75, 3.05) is 26.2 Å². The molecule has 1 aromatic rings. The van der Waals surface area contributed by atoms with E-state index in [-0.39, 0.29) is 24.1 Å². The Bertz CT molecular complexity index is 555. The van der Waals surface area contributed by atoms with E-state index in [1.807, 2.05) is 0 Å². The number of nitrogens with one attached hydrogen (secondary N) is 2. The van der Waals surface area contributed by atoms with Crippen molar-refractivity contribution < 1.29 is 13.6 Å². The molecule has 1 aromatic carbocycles. The van der Waals surface area contributed by atoms with Gasteiger partial charge in [-0.25, -0.2) is 8.78 Å². The van der Waals surface area contributed by atoms with Crippen LogP contribution in [0.2, 0.25) is 0 Å². The summed E-state index contributed by atoms with van der Waals surface area (Å²) in [6.45, 7) is 3.42. The smallest absolute Gasteiger partial charge is 0.237 e. The van der Waals surface area contributed by atoms with Gasteiger partial charge in [0.05, 0.1) is 6.04 Å². The van der Waals surface area contributed by atoms with E-state index in [0.29, 0.717) is 12.5 Å². The summed E-state index contributed by atoms with van der Waals surface area (Å²) < 4.78 is 27.6. The third-order valence-electron chi connectivity index (χ3n) is 4.99. The second kappa shape index (κ2) is 8.03. The number of rotatable bonds is 5. The summed E-state index contributed by atoms with van der Waals surface area (Å²) in [6.07, 6.45) is 3.96. The highest BCUT2D eigenvalue weighted by Gasteiger charge is 2.25. The zero-order chi connectivity index (χ0) is 16.9. The Hall–Kier alpha value is -1.53. The average molecular weight is 337 g/mol. The standard InChI is InChI=1S/C18H25F2N3O/c19-15-5-1-6-16(20)14(15)12-23-9-3-4-13(11-23)10-22-18(24)17-7-2-8-21-17/h1,5-6,13,17,21H,2-4,7-12H2,(H,22,24). The number of likely N-dealkylation sites (tertiary alicyclic amines) is 1. The fraction of sp³-hybridized carbons (Fsp3) is 0.611. The van der Waals surface area contributed by atoms with Crippen LogP contribution in [0.3, 0.4) is 0 Å². The van der Waals surface area contributed by atoms with Crippen LogP contribution in [-0.2, 0) is 11.3 Å². The lowest BCUT2D eigenvalue weighted by molar-refractivity contribution is -0.123. The molecule has 6 heteroatoms. The van der Waals surface area contributed by atoms with E-state index in [1.165, 1.54) is 18.2 Å². The fourth-order valence-corrected chi connectivity index (χ4v) is 3.64. The molecule has 0 aromatic heterocycles. The predicted molar refractivity (Wildman–Crippen MR) is 88.4 cm³/mol. The Balaban J connectivity index is 1.50. The van der Waals surface area contributed by atoms with Crippen LogP contribution in [0, 0.1) is 17.6 Å². The average Bonchev–Trinajstić information content (AvgIpc) is 3.11. The van der Waals surface area contributed by atoms with Gasteiger partial charge in [-0.2, -0.15) is 0 Å². The Kier molecular flexibility index (Phi) is 5.79. The van der Waals surface area contributed by atoms with Gasteiger partial charge in [0, 0.05) is 25.2 Å². The van der Waals surface area contributed by atoms with Crippen LogP contribution in [0.1, 0.15) is 31.2 Å². The largest absolute Gasteiger partial charge is 0.354 e.